The van der Waals surface area contributed by atoms with Gasteiger partial charge in [-0.05, 0) is 26.0 Å². The molecule has 0 saturated heterocycles. The van der Waals surface area contributed by atoms with E-state index in [4.69, 9.17) is 4.42 Å². The number of nitrogens with one attached hydrogen (secondary N) is 1. The smallest absolute Gasteiger partial charge is 0.258 e. The van der Waals surface area contributed by atoms with Gasteiger partial charge in [-0.3, -0.25) is 14.9 Å². The molecule has 0 fully saturated rings. The maximum absolute atomic E-state index is 12.7. The summed E-state index contributed by atoms with van der Waals surface area (Å²) in [5.41, 5.74) is 2.93. The minimum Gasteiger partial charge on any atom is -0.443 e. The van der Waals surface area contributed by atoms with Crippen LogP contribution in [0.4, 0.5) is 5.88 Å². The monoisotopic (exact) mass is 384 g/mol. The van der Waals surface area contributed by atoms with E-state index in [9.17, 15) is 14.9 Å². The molecule has 1 amide bonds. The minimum absolute atomic E-state index is 0.0246. The molecule has 4 rings (SSSR count). The lowest BCUT2D eigenvalue weighted by Gasteiger charge is -2.03. The van der Waals surface area contributed by atoms with Gasteiger partial charge in [-0.25, -0.2) is 4.98 Å². The number of aromatic nitrogens is 2. The normalized spacial score (nSPS) is 10.7. The summed E-state index contributed by atoms with van der Waals surface area (Å²) in [7, 11) is 0. The van der Waals surface area contributed by atoms with Crippen molar-refractivity contribution < 1.29 is 14.0 Å². The predicted molar refractivity (Wildman–Crippen MR) is 107 cm³/mol. The van der Waals surface area contributed by atoms with Crippen LogP contribution in [-0.2, 0) is 0 Å². The number of carbonyl (C=O) groups is 2. The fourth-order valence-corrected chi connectivity index (χ4v) is 3.21. The molecule has 3 aromatic heterocycles. The molecule has 0 spiro atoms. The SMILES string of the molecule is CC(=O)c1c(C)oc(NC(=O)c2ccn3cc(-c4ccccc4)nc3c2)c1C#N. The second-order valence-electron chi connectivity index (χ2n) is 6.53. The largest absolute Gasteiger partial charge is 0.443 e. The maximum Gasteiger partial charge on any atom is 0.258 e. The molecule has 0 atom stereocenters. The molecule has 7 nitrogen and oxygen atoms in total. The molecular formula is C22H16N4O3. The van der Waals surface area contributed by atoms with Crippen LogP contribution in [0.5, 0.6) is 0 Å². The van der Waals surface area contributed by atoms with Crippen LogP contribution in [-0.4, -0.2) is 21.1 Å². The Bertz CT molecular complexity index is 1290. The van der Waals surface area contributed by atoms with E-state index in [1.54, 1.807) is 25.3 Å². The van der Waals surface area contributed by atoms with E-state index in [0.29, 0.717) is 17.0 Å². The topological polar surface area (TPSA) is 100 Å². The first-order valence-electron chi connectivity index (χ1n) is 8.88. The zero-order valence-corrected chi connectivity index (χ0v) is 15.8. The first-order chi connectivity index (χ1) is 14.0. The molecule has 3 heterocycles. The van der Waals surface area contributed by atoms with E-state index < -0.39 is 5.91 Å². The van der Waals surface area contributed by atoms with Crippen molar-refractivity contribution in [1.29, 1.82) is 5.26 Å². The van der Waals surface area contributed by atoms with Crippen molar-refractivity contribution in [2.45, 2.75) is 13.8 Å². The number of rotatable bonds is 4. The highest BCUT2D eigenvalue weighted by Gasteiger charge is 2.23. The van der Waals surface area contributed by atoms with E-state index in [-0.39, 0.29) is 22.8 Å². The van der Waals surface area contributed by atoms with Gasteiger partial charge in [0.2, 0.25) is 5.88 Å². The van der Waals surface area contributed by atoms with Crippen LogP contribution >= 0.6 is 0 Å². The highest BCUT2D eigenvalue weighted by molar-refractivity contribution is 6.06. The fraction of sp³-hybridized carbons (Fsp3) is 0.0909. The van der Waals surface area contributed by atoms with Crippen LogP contribution in [0.3, 0.4) is 0 Å². The lowest BCUT2D eigenvalue weighted by Crippen LogP contribution is -2.12. The van der Waals surface area contributed by atoms with Gasteiger partial charge in [0, 0.05) is 23.5 Å². The summed E-state index contributed by atoms with van der Waals surface area (Å²) in [6, 6.07) is 15.0. The van der Waals surface area contributed by atoms with Crippen LogP contribution in [0.2, 0.25) is 0 Å². The van der Waals surface area contributed by atoms with E-state index in [0.717, 1.165) is 11.3 Å². The van der Waals surface area contributed by atoms with Gasteiger partial charge >= 0.3 is 0 Å². The molecule has 0 radical (unpaired) electrons. The van der Waals surface area contributed by atoms with Crippen LogP contribution < -0.4 is 5.32 Å². The molecule has 1 N–H and O–H groups in total. The first-order valence-corrected chi connectivity index (χ1v) is 8.88. The van der Waals surface area contributed by atoms with Gasteiger partial charge < -0.3 is 8.82 Å². The molecular weight excluding hydrogens is 368 g/mol. The number of anilines is 1. The summed E-state index contributed by atoms with van der Waals surface area (Å²) in [6.45, 7) is 2.93. The van der Waals surface area contributed by atoms with E-state index in [2.05, 4.69) is 10.3 Å². The molecule has 142 valence electrons. The van der Waals surface area contributed by atoms with E-state index in [1.165, 1.54) is 6.92 Å². The third kappa shape index (κ3) is 3.28. The summed E-state index contributed by atoms with van der Waals surface area (Å²) < 4.78 is 7.27. The van der Waals surface area contributed by atoms with Crippen molar-refractivity contribution in [3.8, 4) is 17.3 Å². The summed E-state index contributed by atoms with van der Waals surface area (Å²) in [4.78, 5) is 29.0. The minimum atomic E-state index is -0.461. The number of aryl methyl sites for hydroxylation is 1. The number of Topliss-reactive ketones (excluding diaryl/α,β-unsaturated/α-hetero) is 1. The van der Waals surface area contributed by atoms with Crippen LogP contribution in [0.1, 0.15) is 39.0 Å². The summed E-state index contributed by atoms with van der Waals surface area (Å²) in [5, 5.41) is 12.0. The Morgan fingerprint density at radius 3 is 2.66 bits per heavy atom. The summed E-state index contributed by atoms with van der Waals surface area (Å²) in [6.07, 6.45) is 3.62. The van der Waals surface area contributed by atoms with Crippen molar-refractivity contribution >= 4 is 23.2 Å². The Hall–Kier alpha value is -4.18. The molecule has 1 aromatic carbocycles. The fourth-order valence-electron chi connectivity index (χ4n) is 3.21. The zero-order valence-electron chi connectivity index (χ0n) is 15.8. The lowest BCUT2D eigenvalue weighted by atomic mass is 10.1. The van der Waals surface area contributed by atoms with Crippen LogP contribution in [0.25, 0.3) is 16.9 Å². The van der Waals surface area contributed by atoms with Gasteiger partial charge in [-0.15, -0.1) is 0 Å². The highest BCUT2D eigenvalue weighted by Crippen LogP contribution is 2.27. The second kappa shape index (κ2) is 7.09. The van der Waals surface area contributed by atoms with Gasteiger partial charge in [0.1, 0.15) is 23.0 Å². The Labute approximate surface area is 166 Å². The molecule has 0 unspecified atom stereocenters. The molecule has 4 aromatic rings. The van der Waals surface area contributed by atoms with Crippen molar-refractivity contribution in [3.63, 3.8) is 0 Å². The molecule has 0 aliphatic rings. The van der Waals surface area contributed by atoms with Crippen molar-refractivity contribution in [1.82, 2.24) is 9.38 Å². The number of imidazole rings is 1. The molecule has 29 heavy (non-hydrogen) atoms. The van der Waals surface area contributed by atoms with Gasteiger partial charge in [0.05, 0.1) is 11.3 Å². The lowest BCUT2D eigenvalue weighted by molar-refractivity contribution is 0.101. The van der Waals surface area contributed by atoms with Gasteiger partial charge in [0.15, 0.2) is 5.78 Å². The van der Waals surface area contributed by atoms with Gasteiger partial charge in [0.25, 0.3) is 5.91 Å². The predicted octanol–water partition coefficient (Wildman–Crippen LogP) is 4.23. The van der Waals surface area contributed by atoms with E-state index in [1.807, 2.05) is 47.0 Å². The number of carbonyl (C=O) groups excluding carboxylic acids is 2. The average Bonchev–Trinajstić information content (AvgIpc) is 3.28. The van der Waals surface area contributed by atoms with E-state index >= 15 is 0 Å². The van der Waals surface area contributed by atoms with Crippen LogP contribution in [0.15, 0.2) is 59.3 Å². The third-order valence-corrected chi connectivity index (χ3v) is 4.57. The highest BCUT2D eigenvalue weighted by atomic mass is 16.4. The molecule has 0 saturated carbocycles. The Balaban J connectivity index is 1.65. The number of hydrogen-bond acceptors (Lipinski definition) is 5. The molecule has 0 aliphatic carbocycles. The Morgan fingerprint density at radius 1 is 1.21 bits per heavy atom. The number of fused-ring (bicyclic) bond motifs is 1. The second-order valence-corrected chi connectivity index (χ2v) is 6.53. The quantitative estimate of drug-likeness (QED) is 0.531. The number of pyridine rings is 1. The Kier molecular flexibility index (Phi) is 4.45. The first kappa shape index (κ1) is 18.2. The number of benzene rings is 1. The zero-order chi connectivity index (χ0) is 20.5. The molecule has 0 bridgehead atoms. The van der Waals surface area contributed by atoms with Gasteiger partial charge in [-0.1, -0.05) is 30.3 Å². The molecule has 7 heteroatoms. The van der Waals surface area contributed by atoms with Gasteiger partial charge in [-0.2, -0.15) is 5.26 Å². The number of amides is 1. The van der Waals surface area contributed by atoms with Crippen molar-refractivity contribution in [3.05, 3.63) is 77.3 Å². The van der Waals surface area contributed by atoms with Crippen molar-refractivity contribution in [2.24, 2.45) is 0 Å². The standard InChI is InChI=1S/C22H16N4O3/c1-13(27)20-14(2)29-22(17(20)11-23)25-21(28)16-8-9-26-12-18(24-19(26)10-16)15-6-4-3-5-7-15/h3-10,12H,1-2H3,(H,25,28). The number of nitrogens with zero attached hydrogens (tertiary/aromatic N) is 3. The number of furan rings is 1. The van der Waals surface area contributed by atoms with Crippen molar-refractivity contribution in [2.75, 3.05) is 5.32 Å². The Morgan fingerprint density at radius 2 is 1.97 bits per heavy atom. The van der Waals surface area contributed by atoms with Crippen LogP contribution in [0, 0.1) is 18.3 Å². The number of ketones is 1. The summed E-state index contributed by atoms with van der Waals surface area (Å²) in [5.74, 6) is -0.499. The third-order valence-electron chi connectivity index (χ3n) is 4.57. The number of nitriles is 1. The summed E-state index contributed by atoms with van der Waals surface area (Å²) >= 11 is 0. The average molecular weight is 384 g/mol. The maximum atomic E-state index is 12.7. The number of hydrogen-bond donors (Lipinski definition) is 1. The molecule has 0 aliphatic heterocycles.